The Morgan fingerprint density at radius 3 is 1.59 bits per heavy atom. The Kier molecular flexibility index (Phi) is 7.23. The molecule has 0 aromatic heterocycles. The average molecular weight is 388 g/mol. The minimum Gasteiger partial charge on any atom is -0.497 e. The van der Waals surface area contributed by atoms with Crippen molar-refractivity contribution in [1.82, 2.24) is 0 Å². The molecule has 0 unspecified atom stereocenters. The van der Waals surface area contributed by atoms with Crippen molar-refractivity contribution >= 4 is 23.1 Å². The topological polar surface area (TPSA) is 27.7 Å². The molecular formula is C25H29BO3. The molecule has 0 radical (unpaired) electrons. The fourth-order valence-corrected chi connectivity index (χ4v) is 3.72. The minimum absolute atomic E-state index is 0.129. The molecule has 0 bridgehead atoms. The Morgan fingerprint density at radius 2 is 1.14 bits per heavy atom. The van der Waals surface area contributed by atoms with Gasteiger partial charge in [0.2, 0.25) is 6.71 Å². The monoisotopic (exact) mass is 388 g/mol. The zero-order valence-electron chi connectivity index (χ0n) is 17.8. The number of ether oxygens (including phenoxy) is 3. The van der Waals surface area contributed by atoms with Crippen LogP contribution < -0.4 is 30.6 Å². The molecule has 0 amide bonds. The summed E-state index contributed by atoms with van der Waals surface area (Å²) < 4.78 is 16.2. The Morgan fingerprint density at radius 1 is 0.655 bits per heavy atom. The second-order valence-electron chi connectivity index (χ2n) is 7.15. The summed E-state index contributed by atoms with van der Waals surface area (Å²) in [5.74, 6) is 2.63. The fourth-order valence-electron chi connectivity index (χ4n) is 3.72. The van der Waals surface area contributed by atoms with Gasteiger partial charge in [-0.25, -0.2) is 0 Å². The van der Waals surface area contributed by atoms with Gasteiger partial charge in [0.15, 0.2) is 0 Å². The second-order valence-corrected chi connectivity index (χ2v) is 7.15. The van der Waals surface area contributed by atoms with Gasteiger partial charge in [-0.05, 0) is 54.8 Å². The average Bonchev–Trinajstić information content (AvgIpc) is 2.79. The molecule has 4 heteroatoms. The van der Waals surface area contributed by atoms with E-state index in [0.717, 1.165) is 36.5 Å². The highest BCUT2D eigenvalue weighted by Crippen LogP contribution is 2.16. The zero-order valence-corrected chi connectivity index (χ0v) is 17.8. The van der Waals surface area contributed by atoms with Gasteiger partial charge in [-0.3, -0.25) is 0 Å². The third-order valence-electron chi connectivity index (χ3n) is 5.36. The quantitative estimate of drug-likeness (QED) is 0.525. The predicted octanol–water partition coefficient (Wildman–Crippen LogP) is 3.57. The highest BCUT2D eigenvalue weighted by molar-refractivity contribution is 6.95. The molecule has 0 aliphatic rings. The van der Waals surface area contributed by atoms with Crippen molar-refractivity contribution in [3.63, 3.8) is 0 Å². The molecule has 3 aromatic rings. The summed E-state index contributed by atoms with van der Waals surface area (Å²) in [5.41, 5.74) is 5.12. The normalized spacial score (nSPS) is 10.5. The first kappa shape index (κ1) is 20.8. The van der Waals surface area contributed by atoms with Crippen molar-refractivity contribution in [2.24, 2.45) is 0 Å². The largest absolute Gasteiger partial charge is 0.497 e. The van der Waals surface area contributed by atoms with Crippen LogP contribution in [0.5, 0.6) is 17.2 Å². The first-order valence-corrected chi connectivity index (χ1v) is 10.1. The number of hydrogen-bond acceptors (Lipinski definition) is 3. The number of hydrogen-bond donors (Lipinski definition) is 0. The van der Waals surface area contributed by atoms with Crippen LogP contribution in [0.4, 0.5) is 0 Å². The SMILES string of the molecule is CCCCc1cc(OC)ccc1B(c1ccc(OC)cc1)c1ccc(OC)cc1. The number of rotatable bonds is 9. The molecule has 0 atom stereocenters. The Labute approximate surface area is 174 Å². The van der Waals surface area contributed by atoms with E-state index in [1.807, 2.05) is 24.3 Å². The van der Waals surface area contributed by atoms with E-state index in [0.29, 0.717) is 0 Å². The smallest absolute Gasteiger partial charge is 0.241 e. The summed E-state index contributed by atoms with van der Waals surface area (Å²) in [4.78, 5) is 0. The van der Waals surface area contributed by atoms with Crippen LogP contribution >= 0.6 is 0 Å². The van der Waals surface area contributed by atoms with Crippen molar-refractivity contribution in [2.45, 2.75) is 26.2 Å². The molecule has 3 aromatic carbocycles. The Hall–Kier alpha value is -2.88. The van der Waals surface area contributed by atoms with E-state index in [-0.39, 0.29) is 6.71 Å². The lowest BCUT2D eigenvalue weighted by Crippen LogP contribution is -2.53. The van der Waals surface area contributed by atoms with Crippen LogP contribution in [-0.4, -0.2) is 28.0 Å². The van der Waals surface area contributed by atoms with E-state index in [4.69, 9.17) is 14.2 Å². The van der Waals surface area contributed by atoms with Crippen molar-refractivity contribution in [1.29, 1.82) is 0 Å². The number of methoxy groups -OCH3 is 3. The fraction of sp³-hybridized carbons (Fsp3) is 0.280. The first-order chi connectivity index (χ1) is 14.2. The first-order valence-electron chi connectivity index (χ1n) is 10.1. The molecule has 29 heavy (non-hydrogen) atoms. The highest BCUT2D eigenvalue weighted by atomic mass is 16.5. The second kappa shape index (κ2) is 10.1. The van der Waals surface area contributed by atoms with Crippen molar-refractivity contribution in [2.75, 3.05) is 21.3 Å². The van der Waals surface area contributed by atoms with Gasteiger partial charge in [-0.15, -0.1) is 0 Å². The zero-order chi connectivity index (χ0) is 20.6. The van der Waals surface area contributed by atoms with Crippen molar-refractivity contribution in [3.8, 4) is 17.2 Å². The summed E-state index contributed by atoms with van der Waals surface area (Å²) >= 11 is 0. The van der Waals surface area contributed by atoms with E-state index in [1.54, 1.807) is 21.3 Å². The van der Waals surface area contributed by atoms with Crippen LogP contribution in [0.3, 0.4) is 0 Å². The summed E-state index contributed by atoms with van der Waals surface area (Å²) in [7, 11) is 5.12. The molecule has 0 aliphatic heterocycles. The van der Waals surface area contributed by atoms with E-state index in [1.165, 1.54) is 22.0 Å². The van der Waals surface area contributed by atoms with Crippen molar-refractivity contribution < 1.29 is 14.2 Å². The molecule has 150 valence electrons. The van der Waals surface area contributed by atoms with Gasteiger partial charge in [-0.1, -0.05) is 60.1 Å². The van der Waals surface area contributed by atoms with Crippen molar-refractivity contribution in [3.05, 3.63) is 72.3 Å². The van der Waals surface area contributed by atoms with Crippen LogP contribution in [0, 0.1) is 0 Å². The number of unbranched alkanes of at least 4 members (excludes halogenated alkanes) is 1. The third kappa shape index (κ3) is 4.95. The van der Waals surface area contributed by atoms with Gasteiger partial charge >= 0.3 is 0 Å². The van der Waals surface area contributed by atoms with E-state index < -0.39 is 0 Å². The van der Waals surface area contributed by atoms with Gasteiger partial charge < -0.3 is 14.2 Å². The lowest BCUT2D eigenvalue weighted by molar-refractivity contribution is 0.414. The maximum Gasteiger partial charge on any atom is 0.241 e. The van der Waals surface area contributed by atoms with Crippen LogP contribution in [0.15, 0.2) is 66.7 Å². The van der Waals surface area contributed by atoms with Gasteiger partial charge in [-0.2, -0.15) is 0 Å². The lowest BCUT2D eigenvalue weighted by atomic mass is 9.36. The van der Waals surface area contributed by atoms with Crippen LogP contribution in [0.2, 0.25) is 0 Å². The molecule has 0 spiro atoms. The summed E-state index contributed by atoms with van der Waals surface area (Å²) in [6.45, 7) is 2.36. The molecule has 0 aliphatic carbocycles. The standard InChI is InChI=1S/C25H29BO3/c1-5-6-7-19-18-24(29-4)16-17-25(19)26(20-8-12-22(27-2)13-9-20)21-10-14-23(28-3)15-11-21/h8-18H,5-7H2,1-4H3. The Balaban J connectivity index is 2.13. The molecule has 0 fully saturated rings. The molecule has 0 N–H and O–H groups in total. The third-order valence-corrected chi connectivity index (χ3v) is 5.36. The molecule has 0 saturated heterocycles. The summed E-state index contributed by atoms with van der Waals surface area (Å²) in [6, 6.07) is 23.2. The van der Waals surface area contributed by atoms with E-state index in [9.17, 15) is 0 Å². The maximum atomic E-state index is 5.51. The van der Waals surface area contributed by atoms with Crippen LogP contribution in [0.25, 0.3) is 0 Å². The molecule has 3 nitrogen and oxygen atoms in total. The van der Waals surface area contributed by atoms with Crippen LogP contribution in [-0.2, 0) is 6.42 Å². The lowest BCUT2D eigenvalue weighted by Gasteiger charge is -2.20. The molecule has 0 heterocycles. The maximum absolute atomic E-state index is 5.51. The molecule has 3 rings (SSSR count). The number of benzene rings is 3. The van der Waals surface area contributed by atoms with Crippen LogP contribution in [0.1, 0.15) is 25.3 Å². The van der Waals surface area contributed by atoms with Gasteiger partial charge in [0.25, 0.3) is 0 Å². The molecular weight excluding hydrogens is 359 g/mol. The Bertz CT molecular complexity index is 857. The minimum atomic E-state index is 0.129. The van der Waals surface area contributed by atoms with Gasteiger partial charge in [0.1, 0.15) is 17.2 Å². The van der Waals surface area contributed by atoms with E-state index >= 15 is 0 Å². The summed E-state index contributed by atoms with van der Waals surface area (Å²) in [6.07, 6.45) is 3.34. The van der Waals surface area contributed by atoms with E-state index in [2.05, 4.69) is 49.4 Å². The highest BCUT2D eigenvalue weighted by Gasteiger charge is 2.24. The predicted molar refractivity (Wildman–Crippen MR) is 122 cm³/mol. The summed E-state index contributed by atoms with van der Waals surface area (Å²) in [5, 5.41) is 0. The van der Waals surface area contributed by atoms with Gasteiger partial charge in [0.05, 0.1) is 21.3 Å². The number of aryl methyl sites for hydroxylation is 1. The van der Waals surface area contributed by atoms with Gasteiger partial charge in [0, 0.05) is 0 Å². The molecule has 0 saturated carbocycles.